The number of benzene rings is 1. The normalized spacial score (nSPS) is 11.1. The van der Waals surface area contributed by atoms with E-state index in [0.717, 1.165) is 6.21 Å². The van der Waals surface area contributed by atoms with Crippen molar-refractivity contribution in [2.24, 2.45) is 5.11 Å². The second-order valence-electron chi connectivity index (χ2n) is 3.19. The van der Waals surface area contributed by atoms with Crippen molar-refractivity contribution in [1.82, 2.24) is 5.32 Å². The van der Waals surface area contributed by atoms with Gasteiger partial charge in [0.05, 0.1) is 6.04 Å². The van der Waals surface area contributed by atoms with Gasteiger partial charge in [0.25, 0.3) is 0 Å². The highest BCUT2D eigenvalue weighted by atomic mass is 16.3. The van der Waals surface area contributed by atoms with E-state index in [4.69, 9.17) is 16.0 Å². The number of carbonyl (C=O) groups is 1. The number of phenolic OH excluding ortho intramolecular Hbond substituents is 1. The monoisotopic (exact) mass is 233 g/mol. The predicted octanol–water partition coefficient (Wildman–Crippen LogP) is 1.51. The second kappa shape index (κ2) is 6.14. The molecule has 0 unspecified atom stereocenters. The molecule has 0 aliphatic heterocycles. The Hall–Kier alpha value is -2.53. The van der Waals surface area contributed by atoms with Gasteiger partial charge in [-0.15, -0.1) is 0 Å². The lowest BCUT2D eigenvalue weighted by Crippen LogP contribution is -2.30. The molecule has 0 fully saturated rings. The lowest BCUT2D eigenvalue weighted by atomic mass is 10.1. The van der Waals surface area contributed by atoms with Crippen molar-refractivity contribution in [2.75, 3.05) is 6.54 Å². The highest BCUT2D eigenvalue weighted by Gasteiger charge is 2.11. The number of azide groups is 1. The SMILES string of the molecule is [N-]=[N+]=NCC(=O)N[C@@H](C=N)c1ccc(O)cc1. The summed E-state index contributed by atoms with van der Waals surface area (Å²) in [5, 5.41) is 22.0. The van der Waals surface area contributed by atoms with Crippen LogP contribution in [-0.4, -0.2) is 23.8 Å². The molecule has 3 N–H and O–H groups in total. The van der Waals surface area contributed by atoms with Gasteiger partial charge in [-0.05, 0) is 23.2 Å². The average Bonchev–Trinajstić information content (AvgIpc) is 2.34. The van der Waals surface area contributed by atoms with E-state index in [1.807, 2.05) is 0 Å². The van der Waals surface area contributed by atoms with Gasteiger partial charge in [0.1, 0.15) is 12.3 Å². The Morgan fingerprint density at radius 1 is 1.59 bits per heavy atom. The molecule has 1 aromatic carbocycles. The summed E-state index contributed by atoms with van der Waals surface area (Å²) in [7, 11) is 0. The van der Waals surface area contributed by atoms with Crippen molar-refractivity contribution < 1.29 is 9.90 Å². The molecule has 1 atom stereocenters. The zero-order valence-corrected chi connectivity index (χ0v) is 8.87. The second-order valence-corrected chi connectivity index (χ2v) is 3.19. The minimum atomic E-state index is -0.600. The first-order valence-electron chi connectivity index (χ1n) is 4.77. The van der Waals surface area contributed by atoms with E-state index in [2.05, 4.69) is 15.3 Å². The molecule has 0 saturated carbocycles. The van der Waals surface area contributed by atoms with Crippen LogP contribution in [0.2, 0.25) is 0 Å². The molecule has 7 heteroatoms. The van der Waals surface area contributed by atoms with Crippen molar-refractivity contribution in [3.05, 3.63) is 40.3 Å². The third kappa shape index (κ3) is 3.84. The number of phenols is 1. The van der Waals surface area contributed by atoms with E-state index >= 15 is 0 Å². The quantitative estimate of drug-likeness (QED) is 0.309. The van der Waals surface area contributed by atoms with Crippen molar-refractivity contribution in [3.8, 4) is 5.75 Å². The molecule has 0 radical (unpaired) electrons. The Morgan fingerprint density at radius 2 is 2.24 bits per heavy atom. The molecule has 1 rings (SSSR count). The molecule has 7 nitrogen and oxygen atoms in total. The third-order valence-electron chi connectivity index (χ3n) is 2.01. The molecule has 0 bridgehead atoms. The fraction of sp³-hybridized carbons (Fsp3) is 0.200. The van der Waals surface area contributed by atoms with Gasteiger partial charge in [-0.3, -0.25) is 4.79 Å². The van der Waals surface area contributed by atoms with Crippen LogP contribution in [0.4, 0.5) is 0 Å². The number of aromatic hydroxyl groups is 1. The van der Waals surface area contributed by atoms with Crippen LogP contribution in [0.5, 0.6) is 5.75 Å². The van der Waals surface area contributed by atoms with Crippen LogP contribution >= 0.6 is 0 Å². The fourth-order valence-electron chi connectivity index (χ4n) is 1.22. The van der Waals surface area contributed by atoms with Crippen LogP contribution in [0.15, 0.2) is 29.4 Å². The molecule has 88 valence electrons. The highest BCUT2D eigenvalue weighted by molar-refractivity contribution is 5.82. The van der Waals surface area contributed by atoms with E-state index in [1.165, 1.54) is 12.1 Å². The molecular formula is C10H11N5O2. The van der Waals surface area contributed by atoms with Crippen molar-refractivity contribution in [3.63, 3.8) is 0 Å². The lowest BCUT2D eigenvalue weighted by molar-refractivity contribution is -0.120. The maximum absolute atomic E-state index is 11.3. The Kier molecular flexibility index (Phi) is 4.53. The number of carbonyl (C=O) groups excluding carboxylic acids is 1. The minimum Gasteiger partial charge on any atom is -0.508 e. The molecule has 0 spiro atoms. The summed E-state index contributed by atoms with van der Waals surface area (Å²) in [5.41, 5.74) is 8.72. The Labute approximate surface area is 97.2 Å². The minimum absolute atomic E-state index is 0.109. The molecular weight excluding hydrogens is 222 g/mol. The maximum Gasteiger partial charge on any atom is 0.226 e. The average molecular weight is 233 g/mol. The first kappa shape index (κ1) is 12.5. The molecule has 0 saturated heterocycles. The van der Waals surface area contributed by atoms with Gasteiger partial charge in [0.15, 0.2) is 0 Å². The topological polar surface area (TPSA) is 122 Å². The number of hydrogen-bond donors (Lipinski definition) is 3. The molecule has 0 aliphatic carbocycles. The smallest absolute Gasteiger partial charge is 0.226 e. The molecule has 0 aromatic heterocycles. The van der Waals surface area contributed by atoms with Crippen molar-refractivity contribution >= 4 is 12.1 Å². The van der Waals surface area contributed by atoms with Gasteiger partial charge >= 0.3 is 0 Å². The van der Waals surface area contributed by atoms with Gasteiger partial charge in [0.2, 0.25) is 5.91 Å². The van der Waals surface area contributed by atoms with Gasteiger partial charge in [-0.25, -0.2) is 0 Å². The summed E-state index contributed by atoms with van der Waals surface area (Å²) in [6.45, 7) is -0.307. The third-order valence-corrected chi connectivity index (χ3v) is 2.01. The molecule has 1 amide bonds. The van der Waals surface area contributed by atoms with Gasteiger partial charge in [0, 0.05) is 11.1 Å². The fourth-order valence-corrected chi connectivity index (χ4v) is 1.22. The first-order chi connectivity index (χ1) is 8.17. The number of amides is 1. The number of hydrogen-bond acceptors (Lipinski definition) is 4. The highest BCUT2D eigenvalue weighted by Crippen LogP contribution is 2.15. The van der Waals surface area contributed by atoms with E-state index in [9.17, 15) is 4.79 Å². The number of nitrogens with one attached hydrogen (secondary N) is 2. The van der Waals surface area contributed by atoms with E-state index in [1.54, 1.807) is 12.1 Å². The summed E-state index contributed by atoms with van der Waals surface area (Å²) in [5.74, 6) is -0.359. The first-order valence-corrected chi connectivity index (χ1v) is 4.77. The van der Waals surface area contributed by atoms with Crippen molar-refractivity contribution in [1.29, 1.82) is 5.41 Å². The Balaban J connectivity index is 2.71. The van der Waals surface area contributed by atoms with Crippen LogP contribution in [0.1, 0.15) is 11.6 Å². The van der Waals surface area contributed by atoms with E-state index < -0.39 is 11.9 Å². The van der Waals surface area contributed by atoms with E-state index in [-0.39, 0.29) is 12.3 Å². The number of rotatable bonds is 5. The van der Waals surface area contributed by atoms with Crippen molar-refractivity contribution in [2.45, 2.75) is 6.04 Å². The summed E-state index contributed by atoms with van der Waals surface area (Å²) in [6, 6.07) is 5.52. The summed E-state index contributed by atoms with van der Waals surface area (Å²) < 4.78 is 0. The largest absolute Gasteiger partial charge is 0.508 e. The predicted molar refractivity (Wildman–Crippen MR) is 61.8 cm³/mol. The molecule has 1 aromatic rings. The zero-order chi connectivity index (χ0) is 12.7. The van der Waals surface area contributed by atoms with Crippen LogP contribution in [0.3, 0.4) is 0 Å². The Morgan fingerprint density at radius 3 is 2.76 bits per heavy atom. The lowest BCUT2D eigenvalue weighted by Gasteiger charge is -2.13. The maximum atomic E-state index is 11.3. The van der Waals surface area contributed by atoms with Gasteiger partial charge in [-0.2, -0.15) is 0 Å². The van der Waals surface area contributed by atoms with E-state index in [0.29, 0.717) is 5.56 Å². The Bertz CT molecular complexity index is 450. The van der Waals surface area contributed by atoms with Crippen LogP contribution in [-0.2, 0) is 4.79 Å². The molecule has 0 heterocycles. The van der Waals surface area contributed by atoms with Gasteiger partial charge in [-0.1, -0.05) is 17.2 Å². The summed E-state index contributed by atoms with van der Waals surface area (Å²) >= 11 is 0. The summed E-state index contributed by atoms with van der Waals surface area (Å²) in [6.07, 6.45) is 1.06. The van der Waals surface area contributed by atoms with Crippen LogP contribution < -0.4 is 5.32 Å². The zero-order valence-electron chi connectivity index (χ0n) is 8.87. The van der Waals surface area contributed by atoms with Crippen LogP contribution in [0, 0.1) is 5.41 Å². The summed E-state index contributed by atoms with van der Waals surface area (Å²) in [4.78, 5) is 13.7. The standard InChI is InChI=1S/C10H11N5O2/c11-5-9(14-10(17)6-13-15-12)7-1-3-8(16)4-2-7/h1-5,9,11,16H,6H2,(H,14,17)/t9-/m0/s1. The molecule has 17 heavy (non-hydrogen) atoms. The van der Waals surface area contributed by atoms with Gasteiger partial charge < -0.3 is 15.8 Å². The number of nitrogens with zero attached hydrogens (tertiary/aromatic N) is 3. The molecule has 0 aliphatic rings. The van der Waals surface area contributed by atoms with Crippen LogP contribution in [0.25, 0.3) is 10.4 Å².